The Morgan fingerprint density at radius 1 is 1.36 bits per heavy atom. The number of nitrogens with one attached hydrogen (secondary N) is 1. The van der Waals surface area contributed by atoms with Gasteiger partial charge in [-0.1, -0.05) is 24.3 Å². The van der Waals surface area contributed by atoms with Crippen LogP contribution in [0.15, 0.2) is 48.8 Å². The van der Waals surface area contributed by atoms with Gasteiger partial charge in [0.25, 0.3) is 0 Å². The van der Waals surface area contributed by atoms with E-state index in [-0.39, 0.29) is 22.5 Å². The Morgan fingerprint density at radius 3 is 2.86 bits per heavy atom. The monoisotopic (exact) mass is 382 g/mol. The highest BCUT2D eigenvalue weighted by molar-refractivity contribution is 5.89. The molecule has 0 unspecified atom stereocenters. The number of hydroxylamine groups is 3. The van der Waals surface area contributed by atoms with Crippen LogP contribution in [0.25, 0.3) is 10.9 Å². The number of ether oxygens (including phenoxy) is 2. The van der Waals surface area contributed by atoms with E-state index in [9.17, 15) is 10.0 Å². The highest BCUT2D eigenvalue weighted by atomic mass is 16.5. The molecule has 0 radical (unpaired) electrons. The average molecular weight is 382 g/mol. The molecule has 4 atom stereocenters. The zero-order chi connectivity index (χ0) is 19.9. The van der Waals surface area contributed by atoms with Crippen molar-refractivity contribution in [2.24, 2.45) is 11.8 Å². The summed E-state index contributed by atoms with van der Waals surface area (Å²) < 4.78 is 9.86. The number of carbonyl (C=O) groups is 1. The molecule has 1 aromatic carbocycles. The zero-order valence-electron chi connectivity index (χ0n) is 16.3. The standard InChI is InChI=1S/C22H26N2O4/c1-4-14-12-24(26)10-9-16-15-7-5-6-8-19(15)23-21(16)20(24)11-17(14)18(13-27-2)22(25)28-3/h4-8,13-14,17,20,23H,1,9-12H2,2-3H3/b18-13+/t14-,17-,20+,24-/m0/s1. The molecule has 28 heavy (non-hydrogen) atoms. The molecule has 3 heterocycles. The molecular formula is C22H26N2O4. The number of hydrogen-bond acceptors (Lipinski definition) is 4. The van der Waals surface area contributed by atoms with Crippen molar-refractivity contribution >= 4 is 16.9 Å². The van der Waals surface area contributed by atoms with Crippen LogP contribution < -0.4 is 0 Å². The van der Waals surface area contributed by atoms with Crippen molar-refractivity contribution in [3.8, 4) is 0 Å². The molecule has 2 aromatic rings. The lowest BCUT2D eigenvalue weighted by atomic mass is 9.74. The van der Waals surface area contributed by atoms with Gasteiger partial charge in [-0.15, -0.1) is 6.58 Å². The lowest BCUT2D eigenvalue weighted by molar-refractivity contribution is -0.923. The number of aromatic nitrogens is 1. The molecular weight excluding hydrogens is 356 g/mol. The Bertz CT molecular complexity index is 947. The minimum absolute atomic E-state index is 0.111. The summed E-state index contributed by atoms with van der Waals surface area (Å²) in [6, 6.07) is 7.93. The van der Waals surface area contributed by atoms with Gasteiger partial charge in [-0.05, 0) is 11.6 Å². The third-order valence-corrected chi connectivity index (χ3v) is 6.37. The maximum absolute atomic E-state index is 13.8. The largest absolute Gasteiger partial charge is 0.632 e. The van der Waals surface area contributed by atoms with E-state index in [0.717, 1.165) is 17.6 Å². The van der Waals surface area contributed by atoms with Crippen molar-refractivity contribution in [3.63, 3.8) is 0 Å². The summed E-state index contributed by atoms with van der Waals surface area (Å²) in [5, 5.41) is 15.0. The maximum atomic E-state index is 13.8. The first-order valence-electron chi connectivity index (χ1n) is 9.63. The van der Waals surface area contributed by atoms with Crippen molar-refractivity contribution in [1.82, 2.24) is 4.98 Å². The second kappa shape index (κ2) is 7.11. The van der Waals surface area contributed by atoms with Crippen LogP contribution in [-0.2, 0) is 20.7 Å². The average Bonchev–Trinajstić information content (AvgIpc) is 3.09. The van der Waals surface area contributed by atoms with E-state index in [1.807, 2.05) is 18.2 Å². The first-order chi connectivity index (χ1) is 13.5. The number of piperidine rings is 1. The number of para-hydroxylation sites is 1. The van der Waals surface area contributed by atoms with Gasteiger partial charge in [0.1, 0.15) is 6.04 Å². The first kappa shape index (κ1) is 18.8. The van der Waals surface area contributed by atoms with Gasteiger partial charge >= 0.3 is 5.97 Å². The summed E-state index contributed by atoms with van der Waals surface area (Å²) in [6.07, 6.45) is 4.55. The van der Waals surface area contributed by atoms with Gasteiger partial charge in [-0.3, -0.25) is 0 Å². The van der Waals surface area contributed by atoms with Crippen LogP contribution in [0.1, 0.15) is 23.7 Å². The Hall–Kier alpha value is -2.57. The van der Waals surface area contributed by atoms with Crippen LogP contribution in [0.4, 0.5) is 0 Å². The van der Waals surface area contributed by atoms with E-state index in [1.54, 1.807) is 6.08 Å². The van der Waals surface area contributed by atoms with Crippen LogP contribution in [0.5, 0.6) is 0 Å². The summed E-state index contributed by atoms with van der Waals surface area (Å²) >= 11 is 0. The second-order valence-electron chi connectivity index (χ2n) is 7.73. The second-order valence-corrected chi connectivity index (χ2v) is 7.73. The molecule has 1 fully saturated rings. The molecule has 0 spiro atoms. The van der Waals surface area contributed by atoms with Gasteiger partial charge in [0.05, 0.1) is 44.8 Å². The molecule has 0 aliphatic carbocycles. The van der Waals surface area contributed by atoms with E-state index in [0.29, 0.717) is 25.1 Å². The van der Waals surface area contributed by atoms with Crippen molar-refractivity contribution in [1.29, 1.82) is 0 Å². The number of esters is 1. The smallest absolute Gasteiger partial charge is 0.337 e. The van der Waals surface area contributed by atoms with E-state index in [1.165, 1.54) is 31.4 Å². The molecule has 6 nitrogen and oxygen atoms in total. The fraction of sp³-hybridized carbons (Fsp3) is 0.409. The third-order valence-electron chi connectivity index (χ3n) is 6.37. The van der Waals surface area contributed by atoms with E-state index < -0.39 is 5.97 Å². The molecule has 1 N–H and O–H groups in total. The number of rotatable bonds is 4. The van der Waals surface area contributed by atoms with Gasteiger partial charge in [-0.25, -0.2) is 4.79 Å². The fourth-order valence-corrected chi connectivity index (χ4v) is 5.02. The van der Waals surface area contributed by atoms with Crippen LogP contribution >= 0.6 is 0 Å². The topological polar surface area (TPSA) is 74.4 Å². The molecule has 1 aromatic heterocycles. The molecule has 2 aliphatic rings. The molecule has 0 bridgehead atoms. The summed E-state index contributed by atoms with van der Waals surface area (Å²) in [7, 11) is 2.88. The van der Waals surface area contributed by atoms with Crippen LogP contribution in [0, 0.1) is 17.0 Å². The van der Waals surface area contributed by atoms with E-state index in [2.05, 4.69) is 17.6 Å². The van der Waals surface area contributed by atoms with Crippen molar-refractivity contribution in [3.05, 3.63) is 65.2 Å². The predicted molar refractivity (Wildman–Crippen MR) is 107 cm³/mol. The van der Waals surface area contributed by atoms with Gasteiger partial charge in [0, 0.05) is 35.6 Å². The molecule has 6 heteroatoms. The number of nitrogens with zero attached hydrogens (tertiary/aromatic N) is 1. The van der Waals surface area contributed by atoms with Crippen molar-refractivity contribution < 1.29 is 18.9 Å². The number of hydrogen-bond donors (Lipinski definition) is 1. The number of aromatic amines is 1. The van der Waals surface area contributed by atoms with Gasteiger partial charge in [-0.2, -0.15) is 0 Å². The molecule has 0 amide bonds. The SMILES string of the molecule is C=C[C@H]1C[N@@+]2([O-])CCc3c([nH]c4ccccc34)[C@H]2C[C@@H]1/C(=C\OC)C(=O)OC. The van der Waals surface area contributed by atoms with Crippen LogP contribution in [-0.4, -0.2) is 42.9 Å². The molecule has 4 rings (SSSR count). The highest BCUT2D eigenvalue weighted by Gasteiger charge is 2.48. The number of benzene rings is 1. The number of carbonyl (C=O) groups excluding carboxylic acids is 1. The molecule has 0 saturated carbocycles. The van der Waals surface area contributed by atoms with Crippen molar-refractivity contribution in [2.75, 3.05) is 27.3 Å². The van der Waals surface area contributed by atoms with Crippen LogP contribution in [0.2, 0.25) is 0 Å². The van der Waals surface area contributed by atoms with Gasteiger partial charge < -0.3 is 24.3 Å². The Labute approximate surface area is 164 Å². The molecule has 1 saturated heterocycles. The molecule has 148 valence electrons. The summed E-state index contributed by atoms with van der Waals surface area (Å²) in [6.45, 7) is 4.87. The summed E-state index contributed by atoms with van der Waals surface area (Å²) in [5.74, 6) is -0.704. The maximum Gasteiger partial charge on any atom is 0.337 e. The predicted octanol–water partition coefficient (Wildman–Crippen LogP) is 3.61. The summed E-state index contributed by atoms with van der Waals surface area (Å²) in [5.41, 5.74) is 3.77. The fourth-order valence-electron chi connectivity index (χ4n) is 5.02. The quantitative estimate of drug-likeness (QED) is 0.219. The third kappa shape index (κ3) is 2.84. The van der Waals surface area contributed by atoms with Gasteiger partial charge in [0.15, 0.2) is 0 Å². The lowest BCUT2D eigenvalue weighted by Gasteiger charge is -2.57. The summed E-state index contributed by atoms with van der Waals surface area (Å²) in [4.78, 5) is 15.9. The lowest BCUT2D eigenvalue weighted by Crippen LogP contribution is -2.57. The molecule has 2 aliphatic heterocycles. The van der Waals surface area contributed by atoms with E-state index in [4.69, 9.17) is 9.47 Å². The minimum atomic E-state index is -0.419. The minimum Gasteiger partial charge on any atom is -0.632 e. The van der Waals surface area contributed by atoms with E-state index >= 15 is 0 Å². The van der Waals surface area contributed by atoms with Gasteiger partial charge in [0.2, 0.25) is 0 Å². The first-order valence-corrected chi connectivity index (χ1v) is 9.63. The number of methoxy groups -OCH3 is 2. The Morgan fingerprint density at radius 2 is 2.14 bits per heavy atom. The zero-order valence-corrected chi connectivity index (χ0v) is 16.3. The van der Waals surface area contributed by atoms with Crippen molar-refractivity contribution in [2.45, 2.75) is 18.9 Å². The normalized spacial score (nSPS) is 29.7. The number of quaternary nitrogens is 1. The Kier molecular flexibility index (Phi) is 4.77. The number of fused-ring (bicyclic) bond motifs is 5. The Balaban J connectivity index is 1.79. The highest BCUT2D eigenvalue weighted by Crippen LogP contribution is 2.49. The number of H-pyrrole nitrogens is 1. The van der Waals surface area contributed by atoms with Crippen LogP contribution in [0.3, 0.4) is 0 Å².